The summed E-state index contributed by atoms with van der Waals surface area (Å²) in [4.78, 5) is 17.1. The first-order valence-corrected chi connectivity index (χ1v) is 8.62. The number of anilines is 1. The van der Waals surface area contributed by atoms with Gasteiger partial charge in [-0.25, -0.2) is 9.67 Å². The van der Waals surface area contributed by atoms with Gasteiger partial charge in [-0.3, -0.25) is 10.1 Å². The predicted octanol–water partition coefficient (Wildman–Crippen LogP) is 3.71. The largest absolute Gasteiger partial charge is 0.471 e. The van der Waals surface area contributed by atoms with Crippen molar-refractivity contribution in [2.45, 2.75) is 6.73 Å². The minimum Gasteiger partial charge on any atom is -0.471 e. The van der Waals surface area contributed by atoms with Crippen LogP contribution < -0.4 is 10.1 Å². The molecule has 2 aromatic carbocycles. The highest BCUT2D eigenvalue weighted by Crippen LogP contribution is 2.19. The molecule has 8 heteroatoms. The first-order valence-electron chi connectivity index (χ1n) is 8.25. The lowest BCUT2D eigenvalue weighted by Crippen LogP contribution is -2.21. The first kappa shape index (κ1) is 17.1. The molecule has 0 bridgehead atoms. The molecular weight excluding hydrogens is 366 g/mol. The lowest BCUT2D eigenvalue weighted by molar-refractivity contribution is 0.100. The summed E-state index contributed by atoms with van der Waals surface area (Å²) in [6, 6.07) is 16.3. The second-order valence-corrected chi connectivity index (χ2v) is 6.32. The van der Waals surface area contributed by atoms with Gasteiger partial charge in [-0.15, -0.1) is 0 Å². The smallest absolute Gasteiger partial charge is 0.276 e. The zero-order valence-electron chi connectivity index (χ0n) is 14.5. The molecule has 0 fully saturated rings. The van der Waals surface area contributed by atoms with Crippen LogP contribution in [0.1, 0.15) is 10.5 Å². The Morgan fingerprint density at radius 2 is 1.93 bits per heavy atom. The minimum atomic E-state index is -0.314. The fourth-order valence-electron chi connectivity index (χ4n) is 2.72. The van der Waals surface area contributed by atoms with Gasteiger partial charge in [0.05, 0.1) is 11.0 Å². The van der Waals surface area contributed by atoms with Gasteiger partial charge >= 0.3 is 0 Å². The molecule has 0 atom stereocenters. The zero-order valence-corrected chi connectivity index (χ0v) is 15.2. The monoisotopic (exact) mass is 381 g/mol. The fourth-order valence-corrected chi connectivity index (χ4v) is 2.84. The molecule has 1 N–H and O–H groups in total. The maximum atomic E-state index is 12.7. The maximum absolute atomic E-state index is 12.7. The van der Waals surface area contributed by atoms with Gasteiger partial charge in [-0.2, -0.15) is 5.10 Å². The molecular formula is C19H16ClN5O2. The zero-order chi connectivity index (χ0) is 18.8. The number of rotatable bonds is 5. The molecule has 0 aliphatic carbocycles. The number of carbonyl (C=O) groups excluding carboxylic acids is 1. The van der Waals surface area contributed by atoms with E-state index in [0.29, 0.717) is 22.4 Å². The molecule has 0 radical (unpaired) electrons. The molecule has 27 heavy (non-hydrogen) atoms. The van der Waals surface area contributed by atoms with E-state index in [1.165, 1.54) is 4.68 Å². The van der Waals surface area contributed by atoms with Crippen molar-refractivity contribution in [3.05, 3.63) is 71.5 Å². The van der Waals surface area contributed by atoms with Crippen molar-refractivity contribution in [1.29, 1.82) is 0 Å². The summed E-state index contributed by atoms with van der Waals surface area (Å²) >= 11 is 5.86. The standard InChI is InChI=1S/C19H16ClN5O2/c1-24-16-5-3-2-4-15(16)22-19(24)23-18(26)17-10-11-21-25(17)12-27-14-8-6-13(20)7-9-14/h2-11H,12H2,1H3,(H,22,23,26). The second-order valence-electron chi connectivity index (χ2n) is 5.88. The van der Waals surface area contributed by atoms with Gasteiger partial charge in [0.1, 0.15) is 11.4 Å². The number of nitrogens with zero attached hydrogens (tertiary/aromatic N) is 4. The number of amides is 1. The molecule has 136 valence electrons. The Bertz CT molecular complexity index is 1100. The summed E-state index contributed by atoms with van der Waals surface area (Å²) in [6.45, 7) is 0.0971. The Balaban J connectivity index is 1.50. The normalized spacial score (nSPS) is 10.9. The Hall–Kier alpha value is -3.32. The van der Waals surface area contributed by atoms with E-state index >= 15 is 0 Å². The number of hydrogen-bond donors (Lipinski definition) is 1. The lowest BCUT2D eigenvalue weighted by Gasteiger charge is -2.10. The third-order valence-electron chi connectivity index (χ3n) is 4.13. The Morgan fingerprint density at radius 1 is 1.15 bits per heavy atom. The van der Waals surface area contributed by atoms with Gasteiger partial charge in [0.2, 0.25) is 5.95 Å². The quantitative estimate of drug-likeness (QED) is 0.572. The van der Waals surface area contributed by atoms with Crippen LogP contribution in [0.25, 0.3) is 11.0 Å². The van der Waals surface area contributed by atoms with Crippen LogP contribution in [0, 0.1) is 0 Å². The molecule has 1 amide bonds. The van der Waals surface area contributed by atoms with Crippen LogP contribution in [0.3, 0.4) is 0 Å². The van der Waals surface area contributed by atoms with Gasteiger partial charge in [0.25, 0.3) is 5.91 Å². The van der Waals surface area contributed by atoms with E-state index in [1.54, 1.807) is 36.5 Å². The topological polar surface area (TPSA) is 74.0 Å². The summed E-state index contributed by atoms with van der Waals surface area (Å²) in [7, 11) is 1.85. The molecule has 0 aliphatic heterocycles. The van der Waals surface area contributed by atoms with E-state index in [1.807, 2.05) is 35.9 Å². The van der Waals surface area contributed by atoms with Crippen LogP contribution >= 0.6 is 11.6 Å². The molecule has 0 unspecified atom stereocenters. The number of imidazole rings is 1. The minimum absolute atomic E-state index is 0.0971. The molecule has 0 saturated carbocycles. The van der Waals surface area contributed by atoms with Crippen molar-refractivity contribution >= 4 is 34.5 Å². The average Bonchev–Trinajstić information content (AvgIpc) is 3.27. The number of hydrogen-bond acceptors (Lipinski definition) is 4. The summed E-state index contributed by atoms with van der Waals surface area (Å²) in [6.07, 6.45) is 1.55. The summed E-state index contributed by atoms with van der Waals surface area (Å²) in [5.74, 6) is 0.787. The third kappa shape index (κ3) is 3.50. The Kier molecular flexibility index (Phi) is 4.52. The van der Waals surface area contributed by atoms with E-state index < -0.39 is 0 Å². The number of para-hydroxylation sites is 2. The van der Waals surface area contributed by atoms with E-state index in [0.717, 1.165) is 11.0 Å². The van der Waals surface area contributed by atoms with Crippen LogP contribution in [-0.4, -0.2) is 25.2 Å². The Morgan fingerprint density at radius 3 is 2.70 bits per heavy atom. The van der Waals surface area contributed by atoms with Crippen molar-refractivity contribution < 1.29 is 9.53 Å². The first-order chi connectivity index (χ1) is 13.1. The predicted molar refractivity (Wildman–Crippen MR) is 103 cm³/mol. The highest BCUT2D eigenvalue weighted by molar-refractivity contribution is 6.30. The molecule has 2 aromatic heterocycles. The van der Waals surface area contributed by atoms with E-state index in [4.69, 9.17) is 16.3 Å². The van der Waals surface area contributed by atoms with Gasteiger partial charge in [-0.05, 0) is 42.5 Å². The Labute approximate surface area is 160 Å². The molecule has 4 rings (SSSR count). The van der Waals surface area contributed by atoms with Crippen LogP contribution in [0.4, 0.5) is 5.95 Å². The van der Waals surface area contributed by atoms with Gasteiger partial charge in [0.15, 0.2) is 6.73 Å². The molecule has 0 saturated heterocycles. The average molecular weight is 382 g/mol. The number of fused-ring (bicyclic) bond motifs is 1. The van der Waals surface area contributed by atoms with Gasteiger partial charge in [0, 0.05) is 18.3 Å². The van der Waals surface area contributed by atoms with Crippen LogP contribution in [0.15, 0.2) is 60.8 Å². The molecule has 7 nitrogen and oxygen atoms in total. The van der Waals surface area contributed by atoms with Crippen LogP contribution in [-0.2, 0) is 13.8 Å². The fraction of sp³-hybridized carbons (Fsp3) is 0.105. The number of aromatic nitrogens is 4. The van der Waals surface area contributed by atoms with Crippen molar-refractivity contribution in [3.63, 3.8) is 0 Å². The van der Waals surface area contributed by atoms with E-state index in [-0.39, 0.29) is 12.6 Å². The van der Waals surface area contributed by atoms with Crippen molar-refractivity contribution in [2.75, 3.05) is 5.32 Å². The summed E-state index contributed by atoms with van der Waals surface area (Å²) in [5, 5.41) is 7.61. The molecule has 0 spiro atoms. The summed E-state index contributed by atoms with van der Waals surface area (Å²) < 4.78 is 8.97. The molecule has 4 aromatic rings. The van der Waals surface area contributed by atoms with Crippen molar-refractivity contribution in [2.24, 2.45) is 7.05 Å². The number of nitrogens with one attached hydrogen (secondary N) is 1. The number of benzene rings is 2. The lowest BCUT2D eigenvalue weighted by atomic mass is 10.3. The number of aryl methyl sites for hydroxylation is 1. The van der Waals surface area contributed by atoms with Crippen molar-refractivity contribution in [1.82, 2.24) is 19.3 Å². The van der Waals surface area contributed by atoms with Crippen LogP contribution in [0.5, 0.6) is 5.75 Å². The maximum Gasteiger partial charge on any atom is 0.276 e. The van der Waals surface area contributed by atoms with E-state index in [2.05, 4.69) is 15.4 Å². The third-order valence-corrected chi connectivity index (χ3v) is 4.38. The highest BCUT2D eigenvalue weighted by atomic mass is 35.5. The number of ether oxygens (including phenoxy) is 1. The molecule has 0 aliphatic rings. The number of halogens is 1. The van der Waals surface area contributed by atoms with Gasteiger partial charge < -0.3 is 9.30 Å². The SMILES string of the molecule is Cn1c(NC(=O)c2ccnn2COc2ccc(Cl)cc2)nc2ccccc21. The molecule has 2 heterocycles. The summed E-state index contributed by atoms with van der Waals surface area (Å²) in [5.41, 5.74) is 2.12. The highest BCUT2D eigenvalue weighted by Gasteiger charge is 2.16. The second kappa shape index (κ2) is 7.13. The van der Waals surface area contributed by atoms with Crippen LogP contribution in [0.2, 0.25) is 5.02 Å². The van der Waals surface area contributed by atoms with Crippen molar-refractivity contribution in [3.8, 4) is 5.75 Å². The number of carbonyl (C=O) groups is 1. The van der Waals surface area contributed by atoms with E-state index in [9.17, 15) is 4.79 Å². The van der Waals surface area contributed by atoms with Gasteiger partial charge in [-0.1, -0.05) is 23.7 Å².